The van der Waals surface area contributed by atoms with E-state index < -0.39 is 23.3 Å². The predicted molar refractivity (Wildman–Crippen MR) is 111 cm³/mol. The summed E-state index contributed by atoms with van der Waals surface area (Å²) in [5, 5.41) is 2.74. The van der Waals surface area contributed by atoms with Gasteiger partial charge in [0.2, 0.25) is 0 Å². The fraction of sp³-hybridized carbons (Fsp3) is 0.250. The highest BCUT2D eigenvalue weighted by atomic mass is 19.1. The second-order valence-corrected chi connectivity index (χ2v) is 8.20. The molecule has 0 aliphatic carbocycles. The number of aromatic nitrogens is 1. The van der Waals surface area contributed by atoms with Crippen molar-refractivity contribution in [3.05, 3.63) is 82.7 Å². The summed E-state index contributed by atoms with van der Waals surface area (Å²) in [5.41, 5.74) is 4.09. The molecule has 162 valence electrons. The zero-order valence-electron chi connectivity index (χ0n) is 17.0. The quantitative estimate of drug-likeness (QED) is 0.680. The zero-order valence-corrected chi connectivity index (χ0v) is 17.0. The van der Waals surface area contributed by atoms with E-state index in [-0.39, 0.29) is 12.1 Å². The highest BCUT2D eigenvalue weighted by Crippen LogP contribution is 2.44. The average Bonchev–Trinajstić information content (AvgIpc) is 3.49. The molecule has 6 nitrogen and oxygen atoms in total. The standard InChI is InChI=1S/C24H19F2N3O3/c25-19-9-16(10-20(26)17(19)12-29-11-15-2-1-5-27-22(15)13-29)14-3-4-21-18(8-14)24(23(30)28-21)31-6-7-32-24/h1-5,8-10H,6-7,11-13H2,(H,28,30). The van der Waals surface area contributed by atoms with E-state index >= 15 is 8.78 Å². The Balaban J connectivity index is 1.30. The molecule has 1 spiro atoms. The molecule has 0 saturated carbocycles. The Labute approximate surface area is 182 Å². The lowest BCUT2D eigenvalue weighted by Gasteiger charge is -2.20. The maximum Gasteiger partial charge on any atom is 0.289 e. The van der Waals surface area contributed by atoms with Crippen LogP contribution in [0.25, 0.3) is 11.1 Å². The number of fused-ring (bicyclic) bond motifs is 3. The van der Waals surface area contributed by atoms with E-state index in [0.29, 0.717) is 48.7 Å². The van der Waals surface area contributed by atoms with Gasteiger partial charge in [0.15, 0.2) is 0 Å². The number of amides is 1. The van der Waals surface area contributed by atoms with Gasteiger partial charge in [-0.25, -0.2) is 8.78 Å². The Morgan fingerprint density at radius 3 is 2.56 bits per heavy atom. The van der Waals surface area contributed by atoms with Crippen LogP contribution in [0.5, 0.6) is 0 Å². The van der Waals surface area contributed by atoms with Crippen molar-refractivity contribution in [3.63, 3.8) is 0 Å². The summed E-state index contributed by atoms with van der Waals surface area (Å²) in [6.07, 6.45) is 1.73. The molecule has 32 heavy (non-hydrogen) atoms. The molecule has 1 saturated heterocycles. The first-order valence-electron chi connectivity index (χ1n) is 10.4. The number of benzene rings is 2. The monoisotopic (exact) mass is 435 g/mol. The Kier molecular flexibility index (Phi) is 4.36. The zero-order chi connectivity index (χ0) is 21.9. The van der Waals surface area contributed by atoms with E-state index in [1.165, 1.54) is 12.1 Å². The highest BCUT2D eigenvalue weighted by molar-refractivity contribution is 6.04. The minimum Gasteiger partial charge on any atom is -0.336 e. The van der Waals surface area contributed by atoms with E-state index in [2.05, 4.69) is 10.3 Å². The second-order valence-electron chi connectivity index (χ2n) is 8.20. The molecule has 4 heterocycles. The lowest BCUT2D eigenvalue weighted by atomic mass is 9.97. The van der Waals surface area contributed by atoms with E-state index in [1.807, 2.05) is 17.0 Å². The smallest absolute Gasteiger partial charge is 0.289 e. The third kappa shape index (κ3) is 2.95. The Morgan fingerprint density at radius 2 is 1.81 bits per heavy atom. The van der Waals surface area contributed by atoms with E-state index in [4.69, 9.17) is 9.47 Å². The number of rotatable bonds is 3. The van der Waals surface area contributed by atoms with Crippen LogP contribution >= 0.6 is 0 Å². The third-order valence-electron chi connectivity index (χ3n) is 6.22. The molecule has 3 aliphatic heterocycles. The molecule has 3 aliphatic rings. The lowest BCUT2D eigenvalue weighted by Crippen LogP contribution is -2.35. The number of ether oxygens (including phenoxy) is 2. The average molecular weight is 435 g/mol. The van der Waals surface area contributed by atoms with Gasteiger partial charge in [0.1, 0.15) is 11.6 Å². The van der Waals surface area contributed by atoms with Crippen LogP contribution < -0.4 is 5.32 Å². The molecule has 3 aromatic rings. The number of carbonyl (C=O) groups excluding carboxylic acids is 1. The van der Waals surface area contributed by atoms with Crippen LogP contribution in [-0.2, 0) is 39.7 Å². The van der Waals surface area contributed by atoms with Gasteiger partial charge < -0.3 is 14.8 Å². The second kappa shape index (κ2) is 7.16. The number of halogens is 2. The first kappa shape index (κ1) is 19.5. The van der Waals surface area contributed by atoms with Crippen molar-refractivity contribution in [2.24, 2.45) is 0 Å². The Bertz CT molecular complexity index is 1210. The van der Waals surface area contributed by atoms with Gasteiger partial charge in [-0.05, 0) is 47.0 Å². The normalized spacial score (nSPS) is 18.8. The molecule has 1 fully saturated rings. The number of hydrogen-bond donors (Lipinski definition) is 1. The molecule has 2 aromatic carbocycles. The van der Waals surface area contributed by atoms with Crippen molar-refractivity contribution in [3.8, 4) is 11.1 Å². The van der Waals surface area contributed by atoms with Crippen LogP contribution in [0.3, 0.4) is 0 Å². The van der Waals surface area contributed by atoms with E-state index in [9.17, 15) is 4.79 Å². The minimum atomic E-state index is -1.48. The fourth-order valence-corrected chi connectivity index (χ4v) is 4.65. The SMILES string of the molecule is O=C1Nc2ccc(-c3cc(F)c(CN4Cc5cccnc5C4)c(F)c3)cc2C12OCCO2. The van der Waals surface area contributed by atoms with Gasteiger partial charge in [0.25, 0.3) is 11.7 Å². The van der Waals surface area contributed by atoms with Crippen molar-refractivity contribution < 1.29 is 23.0 Å². The van der Waals surface area contributed by atoms with Crippen LogP contribution in [-0.4, -0.2) is 29.0 Å². The van der Waals surface area contributed by atoms with Crippen LogP contribution in [0.2, 0.25) is 0 Å². The predicted octanol–water partition coefficient (Wildman–Crippen LogP) is 3.69. The first-order valence-corrected chi connectivity index (χ1v) is 10.4. The summed E-state index contributed by atoms with van der Waals surface area (Å²) in [4.78, 5) is 18.7. The molecule has 8 heteroatoms. The number of pyridine rings is 1. The van der Waals surface area contributed by atoms with Gasteiger partial charge in [-0.15, -0.1) is 0 Å². The molecule has 0 radical (unpaired) electrons. The van der Waals surface area contributed by atoms with Crippen molar-refractivity contribution in [2.45, 2.75) is 25.4 Å². The lowest BCUT2D eigenvalue weighted by molar-refractivity contribution is -0.178. The van der Waals surface area contributed by atoms with Gasteiger partial charge in [0.05, 0.1) is 24.6 Å². The van der Waals surface area contributed by atoms with E-state index in [1.54, 1.807) is 24.4 Å². The van der Waals surface area contributed by atoms with E-state index in [0.717, 1.165) is 11.3 Å². The molecular formula is C24H19F2N3O3. The van der Waals surface area contributed by atoms with Crippen LogP contribution in [0.15, 0.2) is 48.7 Å². The van der Waals surface area contributed by atoms with Crippen molar-refractivity contribution in [1.29, 1.82) is 0 Å². The summed E-state index contributed by atoms with van der Waals surface area (Å²) in [7, 11) is 0. The summed E-state index contributed by atoms with van der Waals surface area (Å²) >= 11 is 0. The third-order valence-corrected chi connectivity index (χ3v) is 6.22. The Morgan fingerprint density at radius 1 is 1.03 bits per heavy atom. The molecule has 1 aromatic heterocycles. The van der Waals surface area contributed by atoms with Crippen LogP contribution in [0, 0.1) is 11.6 Å². The number of nitrogens with one attached hydrogen (secondary N) is 1. The Hall–Kier alpha value is -3.20. The maximum atomic E-state index is 15.0. The van der Waals surface area contributed by atoms with Crippen molar-refractivity contribution in [2.75, 3.05) is 18.5 Å². The van der Waals surface area contributed by atoms with Crippen molar-refractivity contribution in [1.82, 2.24) is 9.88 Å². The van der Waals surface area contributed by atoms with Crippen LogP contribution in [0.1, 0.15) is 22.4 Å². The molecule has 0 unspecified atom stereocenters. The van der Waals surface area contributed by atoms with Gasteiger partial charge >= 0.3 is 0 Å². The number of anilines is 1. The fourth-order valence-electron chi connectivity index (χ4n) is 4.65. The number of nitrogens with zero attached hydrogens (tertiary/aromatic N) is 2. The maximum absolute atomic E-state index is 15.0. The first-order chi connectivity index (χ1) is 15.5. The summed E-state index contributed by atoms with van der Waals surface area (Å²) in [6, 6.07) is 11.6. The highest BCUT2D eigenvalue weighted by Gasteiger charge is 2.52. The van der Waals surface area contributed by atoms with Gasteiger partial charge in [-0.1, -0.05) is 12.1 Å². The minimum absolute atomic E-state index is 0.0264. The number of carbonyl (C=O) groups is 1. The van der Waals surface area contributed by atoms with Crippen molar-refractivity contribution >= 4 is 11.6 Å². The van der Waals surface area contributed by atoms with Gasteiger partial charge in [-0.3, -0.25) is 14.7 Å². The molecular weight excluding hydrogens is 416 g/mol. The molecule has 1 amide bonds. The van der Waals surface area contributed by atoms with Gasteiger partial charge in [-0.2, -0.15) is 0 Å². The largest absolute Gasteiger partial charge is 0.336 e. The number of hydrogen-bond acceptors (Lipinski definition) is 5. The molecule has 6 rings (SSSR count). The topological polar surface area (TPSA) is 63.7 Å². The van der Waals surface area contributed by atoms with Crippen LogP contribution in [0.4, 0.5) is 14.5 Å². The summed E-state index contributed by atoms with van der Waals surface area (Å²) in [6.45, 7) is 1.92. The van der Waals surface area contributed by atoms with Gasteiger partial charge in [0, 0.05) is 37.0 Å². The summed E-state index contributed by atoms with van der Waals surface area (Å²) in [5.74, 6) is -3.10. The summed E-state index contributed by atoms with van der Waals surface area (Å²) < 4.78 is 41.2. The molecule has 0 atom stereocenters. The molecule has 0 bridgehead atoms. The molecule has 1 N–H and O–H groups in total.